The van der Waals surface area contributed by atoms with Gasteiger partial charge in [0.2, 0.25) is 0 Å². The van der Waals surface area contributed by atoms with Crippen molar-refractivity contribution in [3.05, 3.63) is 11.8 Å². The Hall–Kier alpha value is -1.21. The number of aromatic nitrogens is 1. The van der Waals surface area contributed by atoms with E-state index in [1.54, 1.807) is 18.0 Å². The van der Waals surface area contributed by atoms with Gasteiger partial charge in [-0.2, -0.15) is 12.6 Å². The Balaban J connectivity index is 2.33. The van der Waals surface area contributed by atoms with Crippen LogP contribution in [-0.4, -0.2) is 52.7 Å². The van der Waals surface area contributed by atoms with Crippen molar-refractivity contribution in [1.29, 1.82) is 0 Å². The number of carbonyl (C=O) groups excluding carboxylic acids is 1. The third-order valence-electron chi connectivity index (χ3n) is 3.44. The third kappa shape index (κ3) is 2.64. The van der Waals surface area contributed by atoms with Crippen LogP contribution in [0.1, 0.15) is 26.5 Å². The Morgan fingerprint density at radius 1 is 1.60 bits per heavy atom. The van der Waals surface area contributed by atoms with Gasteiger partial charge in [-0.15, -0.1) is 0 Å². The molecule has 6 nitrogen and oxygen atoms in total. The SMILES string of the molecule is CN1CC(C(O)CS)N(c2cc(C(C)(C)C)on2)C1=O. The first-order valence-electron chi connectivity index (χ1n) is 6.56. The zero-order valence-electron chi connectivity index (χ0n) is 12.2. The Labute approximate surface area is 124 Å². The lowest BCUT2D eigenvalue weighted by molar-refractivity contribution is 0.168. The Morgan fingerprint density at radius 2 is 2.25 bits per heavy atom. The standard InChI is InChI=1S/C13H21N3O3S/c1-13(2,3)10-5-11(14-19-10)16-8(9(17)7-20)6-15(4)12(16)18/h5,8-9,17,20H,6-7H2,1-4H3. The number of rotatable bonds is 3. The maximum atomic E-state index is 12.2. The van der Waals surface area contributed by atoms with Crippen LogP contribution >= 0.6 is 12.6 Å². The molecule has 0 spiro atoms. The van der Waals surface area contributed by atoms with E-state index in [0.717, 1.165) is 0 Å². The number of anilines is 1. The Kier molecular flexibility index (Phi) is 4.02. The number of nitrogens with zero attached hydrogens (tertiary/aromatic N) is 3. The molecule has 0 aliphatic carbocycles. The molecule has 2 unspecified atom stereocenters. The fourth-order valence-corrected chi connectivity index (χ4v) is 2.43. The molecule has 112 valence electrons. The molecule has 1 aromatic heterocycles. The van der Waals surface area contributed by atoms with Gasteiger partial charge in [-0.05, 0) is 0 Å². The monoisotopic (exact) mass is 299 g/mol. The number of carbonyl (C=O) groups is 1. The van der Waals surface area contributed by atoms with Crippen LogP contribution in [0.3, 0.4) is 0 Å². The second kappa shape index (κ2) is 5.29. The molecule has 0 bridgehead atoms. The normalized spacial score (nSPS) is 21.7. The lowest BCUT2D eigenvalue weighted by atomic mass is 9.93. The van der Waals surface area contributed by atoms with E-state index in [1.165, 1.54) is 4.90 Å². The topological polar surface area (TPSA) is 69.8 Å². The van der Waals surface area contributed by atoms with Crippen molar-refractivity contribution in [3.63, 3.8) is 0 Å². The molecule has 0 aromatic carbocycles. The quantitative estimate of drug-likeness (QED) is 0.830. The van der Waals surface area contributed by atoms with Gasteiger partial charge in [-0.1, -0.05) is 25.9 Å². The van der Waals surface area contributed by atoms with Crippen molar-refractivity contribution in [1.82, 2.24) is 10.1 Å². The van der Waals surface area contributed by atoms with Crippen molar-refractivity contribution >= 4 is 24.5 Å². The summed E-state index contributed by atoms with van der Waals surface area (Å²) in [5.41, 5.74) is -0.183. The molecule has 2 atom stereocenters. The summed E-state index contributed by atoms with van der Waals surface area (Å²) in [5, 5.41) is 14.0. The van der Waals surface area contributed by atoms with Crippen molar-refractivity contribution in [3.8, 4) is 0 Å². The maximum absolute atomic E-state index is 12.2. The van der Waals surface area contributed by atoms with E-state index in [2.05, 4.69) is 17.8 Å². The molecular formula is C13H21N3O3S. The molecule has 2 amide bonds. The van der Waals surface area contributed by atoms with Crippen LogP contribution < -0.4 is 4.90 Å². The molecule has 1 saturated heterocycles. The van der Waals surface area contributed by atoms with E-state index < -0.39 is 6.10 Å². The zero-order valence-corrected chi connectivity index (χ0v) is 13.1. The van der Waals surface area contributed by atoms with E-state index in [4.69, 9.17) is 4.52 Å². The summed E-state index contributed by atoms with van der Waals surface area (Å²) in [6.07, 6.45) is -0.706. The highest BCUT2D eigenvalue weighted by molar-refractivity contribution is 7.80. The third-order valence-corrected chi connectivity index (χ3v) is 3.81. The van der Waals surface area contributed by atoms with Crippen LogP contribution in [0, 0.1) is 0 Å². The summed E-state index contributed by atoms with van der Waals surface area (Å²) in [6, 6.07) is 1.21. The molecule has 1 fully saturated rings. The van der Waals surface area contributed by atoms with Crippen LogP contribution in [0.2, 0.25) is 0 Å². The largest absolute Gasteiger partial charge is 0.390 e. The molecule has 1 N–H and O–H groups in total. The minimum absolute atomic E-state index is 0.183. The highest BCUT2D eigenvalue weighted by atomic mass is 32.1. The first-order chi connectivity index (χ1) is 9.25. The molecule has 2 rings (SSSR count). The van der Waals surface area contributed by atoms with E-state index in [9.17, 15) is 9.90 Å². The van der Waals surface area contributed by atoms with Crippen LogP contribution in [0.25, 0.3) is 0 Å². The smallest absolute Gasteiger partial charge is 0.325 e. The number of likely N-dealkylation sites (N-methyl/N-ethyl adjacent to an activating group) is 1. The van der Waals surface area contributed by atoms with Crippen molar-refractivity contribution in [2.45, 2.75) is 38.3 Å². The molecular weight excluding hydrogens is 278 g/mol. The van der Waals surface area contributed by atoms with Gasteiger partial charge in [-0.3, -0.25) is 4.90 Å². The van der Waals surface area contributed by atoms with Crippen molar-refractivity contribution in [2.24, 2.45) is 0 Å². The molecule has 1 aromatic rings. The maximum Gasteiger partial charge on any atom is 0.325 e. The molecule has 1 aliphatic rings. The van der Waals surface area contributed by atoms with Gasteiger partial charge in [0.25, 0.3) is 0 Å². The number of aliphatic hydroxyl groups excluding tert-OH is 1. The molecule has 20 heavy (non-hydrogen) atoms. The predicted molar refractivity (Wildman–Crippen MR) is 79.4 cm³/mol. The van der Waals surface area contributed by atoms with Gasteiger partial charge in [0.05, 0.1) is 12.1 Å². The number of hydrogen-bond acceptors (Lipinski definition) is 5. The van der Waals surface area contributed by atoms with Crippen molar-refractivity contribution in [2.75, 3.05) is 24.2 Å². The fourth-order valence-electron chi connectivity index (χ4n) is 2.18. The molecule has 2 heterocycles. The first kappa shape index (κ1) is 15.2. The second-order valence-electron chi connectivity index (χ2n) is 6.15. The Bertz CT molecular complexity index is 497. The van der Waals surface area contributed by atoms with Crippen LogP contribution in [0.15, 0.2) is 10.6 Å². The van der Waals surface area contributed by atoms with Gasteiger partial charge in [-0.25, -0.2) is 4.79 Å². The van der Waals surface area contributed by atoms with E-state index in [-0.39, 0.29) is 23.2 Å². The second-order valence-corrected chi connectivity index (χ2v) is 6.51. The van der Waals surface area contributed by atoms with Gasteiger partial charge >= 0.3 is 6.03 Å². The van der Waals surface area contributed by atoms with E-state index in [1.807, 2.05) is 20.8 Å². The lowest BCUT2D eigenvalue weighted by Gasteiger charge is -2.23. The first-order valence-corrected chi connectivity index (χ1v) is 7.19. The molecule has 1 aliphatic heterocycles. The summed E-state index contributed by atoms with van der Waals surface area (Å²) in [6.45, 7) is 6.47. The zero-order chi connectivity index (χ0) is 15.1. The minimum atomic E-state index is -0.706. The number of thiol groups is 1. The number of aliphatic hydroxyl groups is 1. The summed E-state index contributed by atoms with van der Waals surface area (Å²) in [5.74, 6) is 1.43. The van der Waals surface area contributed by atoms with E-state index >= 15 is 0 Å². The van der Waals surface area contributed by atoms with Crippen molar-refractivity contribution < 1.29 is 14.4 Å². The highest BCUT2D eigenvalue weighted by Crippen LogP contribution is 2.30. The van der Waals surface area contributed by atoms with Gasteiger partial charge in [0.15, 0.2) is 5.82 Å². The predicted octanol–water partition coefficient (Wildman–Crippen LogP) is 1.50. The van der Waals surface area contributed by atoms with Gasteiger partial charge < -0.3 is 14.5 Å². The average Bonchev–Trinajstić information content (AvgIpc) is 2.94. The highest BCUT2D eigenvalue weighted by Gasteiger charge is 2.41. The molecule has 7 heteroatoms. The number of hydrogen-bond donors (Lipinski definition) is 2. The summed E-state index contributed by atoms with van der Waals surface area (Å²) in [4.78, 5) is 15.3. The fraction of sp³-hybridized carbons (Fsp3) is 0.692. The van der Waals surface area contributed by atoms with Gasteiger partial charge in [0.1, 0.15) is 5.76 Å². The number of amides is 2. The number of urea groups is 1. The minimum Gasteiger partial charge on any atom is -0.390 e. The lowest BCUT2D eigenvalue weighted by Crippen LogP contribution is -2.43. The molecule has 0 radical (unpaired) electrons. The van der Waals surface area contributed by atoms with Crippen LogP contribution in [0.4, 0.5) is 10.6 Å². The molecule has 0 saturated carbocycles. The Morgan fingerprint density at radius 3 is 2.75 bits per heavy atom. The van der Waals surface area contributed by atoms with Gasteiger partial charge in [0, 0.05) is 30.8 Å². The van der Waals surface area contributed by atoms with Crippen LogP contribution in [0.5, 0.6) is 0 Å². The summed E-state index contributed by atoms with van der Waals surface area (Å²) >= 11 is 4.10. The summed E-state index contributed by atoms with van der Waals surface area (Å²) < 4.78 is 5.32. The van der Waals surface area contributed by atoms with Crippen LogP contribution in [-0.2, 0) is 5.41 Å². The average molecular weight is 299 g/mol. The summed E-state index contributed by atoms with van der Waals surface area (Å²) in [7, 11) is 1.70. The van der Waals surface area contributed by atoms with E-state index in [0.29, 0.717) is 18.1 Å².